The van der Waals surface area contributed by atoms with Crippen molar-refractivity contribution in [3.8, 4) is 5.75 Å². The van der Waals surface area contributed by atoms with Gasteiger partial charge in [-0.1, -0.05) is 0 Å². The Morgan fingerprint density at radius 3 is 3.21 bits per heavy atom. The molecular formula is C9H10N2O3. The van der Waals surface area contributed by atoms with Crippen LogP contribution in [0.25, 0.3) is 0 Å². The van der Waals surface area contributed by atoms with Crippen molar-refractivity contribution in [2.75, 3.05) is 13.2 Å². The second-order valence-electron chi connectivity index (χ2n) is 3.04. The average Bonchev–Trinajstić information content (AvgIpc) is 2.18. The third-order valence-electron chi connectivity index (χ3n) is 2.00. The van der Waals surface area contributed by atoms with Crippen molar-refractivity contribution in [2.24, 2.45) is 0 Å². The van der Waals surface area contributed by atoms with Gasteiger partial charge in [0.25, 0.3) is 0 Å². The van der Waals surface area contributed by atoms with Crippen molar-refractivity contribution in [3.63, 3.8) is 0 Å². The highest BCUT2D eigenvalue weighted by Crippen LogP contribution is 2.22. The van der Waals surface area contributed by atoms with Crippen LogP contribution in [0.1, 0.15) is 11.7 Å². The minimum atomic E-state index is -0.350. The van der Waals surface area contributed by atoms with Gasteiger partial charge in [-0.2, -0.15) is 0 Å². The van der Waals surface area contributed by atoms with Crippen LogP contribution in [-0.2, 0) is 9.53 Å². The molecular weight excluding hydrogens is 184 g/mol. The van der Waals surface area contributed by atoms with Crippen LogP contribution in [-0.4, -0.2) is 29.2 Å². The molecule has 5 heteroatoms. The number of rotatable bonds is 1. The van der Waals surface area contributed by atoms with E-state index in [1.54, 1.807) is 12.3 Å². The number of aromatic nitrogens is 1. The number of nitrogens with zero attached hydrogens (tertiary/aromatic N) is 1. The van der Waals surface area contributed by atoms with E-state index in [9.17, 15) is 9.90 Å². The highest BCUT2D eigenvalue weighted by molar-refractivity contribution is 5.78. The van der Waals surface area contributed by atoms with Gasteiger partial charge in [0.15, 0.2) is 0 Å². The molecule has 1 aromatic rings. The van der Waals surface area contributed by atoms with Crippen LogP contribution in [0.2, 0.25) is 0 Å². The smallest absolute Gasteiger partial charge is 0.246 e. The lowest BCUT2D eigenvalue weighted by Gasteiger charge is -2.23. The first kappa shape index (κ1) is 8.96. The first-order chi connectivity index (χ1) is 6.77. The largest absolute Gasteiger partial charge is 0.506 e. The zero-order valence-electron chi connectivity index (χ0n) is 7.43. The maximum Gasteiger partial charge on any atom is 0.246 e. The fourth-order valence-electron chi connectivity index (χ4n) is 1.37. The molecule has 2 heterocycles. The standard InChI is InChI=1S/C9H10N2O3/c12-7-2-1-3-10-9(7)6-4-14-5-8(13)11-6/h1-3,6,12H,4-5H2,(H,11,13)/t6-/m1/s1. The number of amides is 1. The van der Waals surface area contributed by atoms with Crippen molar-refractivity contribution in [1.29, 1.82) is 0 Å². The minimum Gasteiger partial charge on any atom is -0.506 e. The van der Waals surface area contributed by atoms with Crippen LogP contribution in [0.5, 0.6) is 5.75 Å². The predicted octanol–water partition coefficient (Wildman–Crippen LogP) is -0.0253. The van der Waals surface area contributed by atoms with Crippen molar-refractivity contribution < 1.29 is 14.6 Å². The second kappa shape index (κ2) is 3.63. The van der Waals surface area contributed by atoms with Gasteiger partial charge in [-0.05, 0) is 12.1 Å². The molecule has 0 radical (unpaired) electrons. The molecule has 1 atom stereocenters. The van der Waals surface area contributed by atoms with Crippen molar-refractivity contribution in [2.45, 2.75) is 6.04 Å². The molecule has 1 fully saturated rings. The highest BCUT2D eigenvalue weighted by atomic mass is 16.5. The second-order valence-corrected chi connectivity index (χ2v) is 3.04. The molecule has 1 saturated heterocycles. The highest BCUT2D eigenvalue weighted by Gasteiger charge is 2.23. The first-order valence-corrected chi connectivity index (χ1v) is 4.28. The number of aromatic hydroxyl groups is 1. The van der Waals surface area contributed by atoms with Crippen LogP contribution in [0, 0.1) is 0 Å². The van der Waals surface area contributed by atoms with Gasteiger partial charge in [0, 0.05) is 6.20 Å². The summed E-state index contributed by atoms with van der Waals surface area (Å²) in [6.45, 7) is 0.417. The van der Waals surface area contributed by atoms with Crippen LogP contribution in [0.4, 0.5) is 0 Å². The Morgan fingerprint density at radius 1 is 1.64 bits per heavy atom. The fraction of sp³-hybridized carbons (Fsp3) is 0.333. The number of nitrogens with one attached hydrogen (secondary N) is 1. The Kier molecular flexibility index (Phi) is 2.32. The van der Waals surface area contributed by atoms with Gasteiger partial charge in [-0.3, -0.25) is 9.78 Å². The number of pyridine rings is 1. The van der Waals surface area contributed by atoms with Gasteiger partial charge in [0.1, 0.15) is 18.1 Å². The lowest BCUT2D eigenvalue weighted by molar-refractivity contribution is -0.131. The Bertz CT molecular complexity index is 354. The third-order valence-corrected chi connectivity index (χ3v) is 2.00. The molecule has 14 heavy (non-hydrogen) atoms. The molecule has 0 unspecified atom stereocenters. The molecule has 2 rings (SSSR count). The van der Waals surface area contributed by atoms with E-state index < -0.39 is 0 Å². The molecule has 1 amide bonds. The number of ether oxygens (including phenoxy) is 1. The molecule has 0 bridgehead atoms. The Morgan fingerprint density at radius 2 is 2.50 bits per heavy atom. The summed E-state index contributed by atoms with van der Waals surface area (Å²) in [6.07, 6.45) is 1.57. The number of morpholine rings is 1. The Balaban J connectivity index is 2.22. The normalized spacial score (nSPS) is 21.7. The van der Waals surface area contributed by atoms with Gasteiger partial charge in [-0.25, -0.2) is 0 Å². The summed E-state index contributed by atoms with van der Waals surface area (Å²) < 4.78 is 5.04. The summed E-state index contributed by atoms with van der Waals surface area (Å²) in [6, 6.07) is 2.81. The number of carbonyl (C=O) groups is 1. The quantitative estimate of drug-likeness (QED) is 0.658. The zero-order valence-corrected chi connectivity index (χ0v) is 7.43. The molecule has 1 aromatic heterocycles. The molecule has 0 aliphatic carbocycles. The molecule has 0 spiro atoms. The van der Waals surface area contributed by atoms with Crippen LogP contribution in [0.3, 0.4) is 0 Å². The monoisotopic (exact) mass is 194 g/mol. The average molecular weight is 194 g/mol. The predicted molar refractivity (Wildman–Crippen MR) is 47.6 cm³/mol. The summed E-state index contributed by atoms with van der Waals surface area (Å²) in [5.41, 5.74) is 0.445. The van der Waals surface area contributed by atoms with Gasteiger partial charge in [-0.15, -0.1) is 0 Å². The summed E-state index contributed by atoms with van der Waals surface area (Å²) >= 11 is 0. The maximum absolute atomic E-state index is 11.0. The molecule has 2 N–H and O–H groups in total. The van der Waals surface area contributed by atoms with E-state index in [0.717, 1.165) is 0 Å². The number of hydrogen-bond acceptors (Lipinski definition) is 4. The van der Waals surface area contributed by atoms with Gasteiger partial charge >= 0.3 is 0 Å². The van der Waals surface area contributed by atoms with E-state index in [4.69, 9.17) is 4.74 Å². The van der Waals surface area contributed by atoms with Crippen molar-refractivity contribution in [1.82, 2.24) is 10.3 Å². The lowest BCUT2D eigenvalue weighted by atomic mass is 10.1. The summed E-state index contributed by atoms with van der Waals surface area (Å²) in [4.78, 5) is 15.0. The van der Waals surface area contributed by atoms with E-state index in [1.165, 1.54) is 6.07 Å². The Hall–Kier alpha value is -1.62. The van der Waals surface area contributed by atoms with E-state index in [-0.39, 0.29) is 24.3 Å². The first-order valence-electron chi connectivity index (χ1n) is 4.28. The summed E-state index contributed by atoms with van der Waals surface area (Å²) in [5.74, 6) is -0.116. The van der Waals surface area contributed by atoms with Gasteiger partial charge < -0.3 is 15.2 Å². The number of carbonyl (C=O) groups excluding carboxylic acids is 1. The van der Waals surface area contributed by atoms with Crippen LogP contribution >= 0.6 is 0 Å². The van der Waals surface area contributed by atoms with Gasteiger partial charge in [0.2, 0.25) is 5.91 Å². The van der Waals surface area contributed by atoms with E-state index >= 15 is 0 Å². The lowest BCUT2D eigenvalue weighted by Crippen LogP contribution is -2.40. The summed E-state index contributed by atoms with van der Waals surface area (Å²) in [5, 5.41) is 12.2. The number of hydrogen-bond donors (Lipinski definition) is 2. The van der Waals surface area contributed by atoms with E-state index in [1.807, 2.05) is 0 Å². The fourth-order valence-corrected chi connectivity index (χ4v) is 1.37. The van der Waals surface area contributed by atoms with E-state index in [2.05, 4.69) is 10.3 Å². The maximum atomic E-state index is 11.0. The van der Waals surface area contributed by atoms with E-state index in [0.29, 0.717) is 12.3 Å². The topological polar surface area (TPSA) is 71.5 Å². The molecule has 1 aliphatic heterocycles. The summed E-state index contributed by atoms with van der Waals surface area (Å²) in [7, 11) is 0. The van der Waals surface area contributed by atoms with Gasteiger partial charge in [0.05, 0.1) is 12.6 Å². The SMILES string of the molecule is O=C1COC[C@H](c2ncccc2O)N1. The van der Waals surface area contributed by atoms with Crippen LogP contribution < -0.4 is 5.32 Å². The molecule has 0 saturated carbocycles. The third kappa shape index (κ3) is 1.67. The minimum absolute atomic E-state index is 0.0725. The molecule has 1 aliphatic rings. The molecule has 5 nitrogen and oxygen atoms in total. The molecule has 74 valence electrons. The van der Waals surface area contributed by atoms with Crippen molar-refractivity contribution in [3.05, 3.63) is 24.0 Å². The Labute approximate surface area is 80.7 Å². The molecule has 0 aromatic carbocycles. The van der Waals surface area contributed by atoms with Crippen molar-refractivity contribution >= 4 is 5.91 Å². The zero-order chi connectivity index (χ0) is 9.97. The van der Waals surface area contributed by atoms with Crippen LogP contribution in [0.15, 0.2) is 18.3 Å².